The summed E-state index contributed by atoms with van der Waals surface area (Å²) in [6, 6.07) is 36.2. The first-order valence-electron chi connectivity index (χ1n) is 15.8. The molecule has 0 unspecified atom stereocenters. The van der Waals surface area contributed by atoms with Crippen molar-refractivity contribution in [1.82, 2.24) is 4.98 Å². The Hall–Kier alpha value is -3.41. The number of carbonyl (C=O) groups excluding carboxylic acids is 1. The van der Waals surface area contributed by atoms with E-state index in [9.17, 15) is 9.90 Å². The second kappa shape index (κ2) is 14.0. The Bertz CT molecular complexity index is 2080. The molecule has 6 aromatic rings. The summed E-state index contributed by atoms with van der Waals surface area (Å²) in [5.41, 5.74) is 4.81. The van der Waals surface area contributed by atoms with Crippen LogP contribution in [-0.2, 0) is 24.9 Å². The summed E-state index contributed by atoms with van der Waals surface area (Å²) in [6.07, 6.45) is 1.33. The van der Waals surface area contributed by atoms with E-state index in [0.29, 0.717) is 0 Å². The van der Waals surface area contributed by atoms with Gasteiger partial charge in [0.05, 0.1) is 13.6 Å². The van der Waals surface area contributed by atoms with Crippen molar-refractivity contribution in [2.75, 3.05) is 0 Å². The van der Waals surface area contributed by atoms with Crippen molar-refractivity contribution in [3.05, 3.63) is 109 Å². The summed E-state index contributed by atoms with van der Waals surface area (Å²) in [6.45, 7) is 18.4. The smallest absolute Gasteiger partial charge is 0.164 e. The van der Waals surface area contributed by atoms with Crippen LogP contribution in [0.1, 0.15) is 41.5 Å². The third kappa shape index (κ3) is 8.36. The summed E-state index contributed by atoms with van der Waals surface area (Å²) in [7, 11) is -1.59. The molecule has 0 spiro atoms. The van der Waals surface area contributed by atoms with E-state index in [1.54, 1.807) is 0 Å². The van der Waals surface area contributed by atoms with Gasteiger partial charge in [0, 0.05) is 41.7 Å². The average molecular weight is 835 g/mol. The Balaban J connectivity index is 0.000000307. The SMILES string of the molecule is CC(C)(C)C(=O)/C=C(\O)C(C)(C)C.C[Si](C)(C)c1cc(-c2[c-]cc3sc4ccccc4c3c2)nc2cc(-c3ccccc3)ccc12.[Ir]. The molecule has 6 rings (SSSR count). The zero-order valence-electron chi connectivity index (χ0n) is 28.8. The number of hydrogen-bond acceptors (Lipinski definition) is 4. The number of fused-ring (bicyclic) bond motifs is 4. The van der Waals surface area contributed by atoms with Crippen LogP contribution in [0.15, 0.2) is 103 Å². The number of ketones is 1. The molecule has 245 valence electrons. The molecule has 0 fully saturated rings. The molecule has 1 N–H and O–H groups in total. The van der Waals surface area contributed by atoms with E-state index in [0.717, 1.165) is 16.8 Å². The van der Waals surface area contributed by atoms with E-state index < -0.39 is 13.5 Å². The molecule has 47 heavy (non-hydrogen) atoms. The van der Waals surface area contributed by atoms with Gasteiger partial charge in [0.25, 0.3) is 0 Å². The number of aliphatic hydroxyl groups is 1. The molecular weight excluding hydrogens is 791 g/mol. The fourth-order valence-electron chi connectivity index (χ4n) is 5.17. The fourth-order valence-corrected chi connectivity index (χ4v) is 7.83. The number of thiophene rings is 1. The van der Waals surface area contributed by atoms with E-state index in [4.69, 9.17) is 4.98 Å². The Kier molecular flexibility index (Phi) is 10.8. The number of rotatable bonds is 4. The van der Waals surface area contributed by atoms with Gasteiger partial charge in [-0.2, -0.15) is 11.3 Å². The first kappa shape index (κ1) is 36.4. The van der Waals surface area contributed by atoms with E-state index in [-0.39, 0.29) is 37.1 Å². The molecule has 1 radical (unpaired) electrons. The Labute approximate surface area is 298 Å². The summed E-state index contributed by atoms with van der Waals surface area (Å²) in [4.78, 5) is 16.7. The molecule has 4 aromatic carbocycles. The van der Waals surface area contributed by atoms with Gasteiger partial charge in [-0.3, -0.25) is 9.78 Å². The largest absolute Gasteiger partial charge is 0.512 e. The van der Waals surface area contributed by atoms with Crippen molar-refractivity contribution >= 4 is 61.5 Å². The minimum Gasteiger partial charge on any atom is -0.512 e. The summed E-state index contributed by atoms with van der Waals surface area (Å²) < 4.78 is 2.59. The molecule has 0 saturated carbocycles. The van der Waals surface area contributed by atoms with Gasteiger partial charge in [-0.25, -0.2) is 0 Å². The Morgan fingerprint density at radius 3 is 2.06 bits per heavy atom. The first-order valence-corrected chi connectivity index (χ1v) is 20.1. The van der Waals surface area contributed by atoms with Gasteiger partial charge in [0.2, 0.25) is 0 Å². The van der Waals surface area contributed by atoms with E-state index in [2.05, 4.69) is 117 Å². The van der Waals surface area contributed by atoms with Gasteiger partial charge in [-0.1, -0.05) is 138 Å². The minimum atomic E-state index is -1.59. The number of carbonyl (C=O) groups is 1. The number of hydrogen-bond donors (Lipinski definition) is 1. The Morgan fingerprint density at radius 1 is 0.766 bits per heavy atom. The number of nitrogens with zero attached hydrogens (tertiary/aromatic N) is 1. The second-order valence-electron chi connectivity index (χ2n) is 15.0. The van der Waals surface area contributed by atoms with Crippen molar-refractivity contribution in [2.24, 2.45) is 10.8 Å². The van der Waals surface area contributed by atoms with Crippen LogP contribution in [0, 0.1) is 16.9 Å². The van der Waals surface area contributed by atoms with Crippen LogP contribution < -0.4 is 5.19 Å². The van der Waals surface area contributed by atoms with Crippen LogP contribution >= 0.6 is 11.3 Å². The third-order valence-electron chi connectivity index (χ3n) is 8.09. The molecule has 0 aliphatic heterocycles. The summed E-state index contributed by atoms with van der Waals surface area (Å²) in [5, 5.41) is 14.9. The second-order valence-corrected chi connectivity index (χ2v) is 21.1. The zero-order chi connectivity index (χ0) is 33.4. The summed E-state index contributed by atoms with van der Waals surface area (Å²) in [5.74, 6) is 0.104. The van der Waals surface area contributed by atoms with E-state index in [1.165, 1.54) is 47.9 Å². The summed E-state index contributed by atoms with van der Waals surface area (Å²) >= 11 is 1.83. The van der Waals surface area contributed by atoms with Gasteiger partial charge in [-0.05, 0) is 44.4 Å². The maximum atomic E-state index is 11.5. The topological polar surface area (TPSA) is 50.2 Å². The molecule has 3 nitrogen and oxygen atoms in total. The number of allylic oxidation sites excluding steroid dienone is 2. The van der Waals surface area contributed by atoms with Crippen molar-refractivity contribution in [3.63, 3.8) is 0 Å². The van der Waals surface area contributed by atoms with Crippen LogP contribution in [-0.4, -0.2) is 23.9 Å². The van der Waals surface area contributed by atoms with Gasteiger partial charge < -0.3 is 5.11 Å². The number of pyridine rings is 1. The number of aliphatic hydroxyl groups excluding tert-OH is 1. The van der Waals surface area contributed by atoms with Gasteiger partial charge >= 0.3 is 0 Å². The van der Waals surface area contributed by atoms with Crippen molar-refractivity contribution in [2.45, 2.75) is 61.2 Å². The zero-order valence-corrected chi connectivity index (χ0v) is 33.0. The minimum absolute atomic E-state index is 0. The molecular formula is C41H44IrNO2SSi-. The quantitative estimate of drug-likeness (QED) is 0.0833. The predicted octanol–water partition coefficient (Wildman–Crippen LogP) is 11.4. The van der Waals surface area contributed by atoms with Gasteiger partial charge in [0.15, 0.2) is 5.78 Å². The van der Waals surface area contributed by atoms with Crippen molar-refractivity contribution in [3.8, 4) is 22.4 Å². The molecule has 0 aliphatic rings. The van der Waals surface area contributed by atoms with Crippen molar-refractivity contribution in [1.29, 1.82) is 0 Å². The standard InChI is InChI=1S/C30H24NSSi.C11H20O2.Ir/c1-33(2,3)30-19-26(22-14-16-29-25(17-22)23-11-7-8-12-28(23)32-29)31-27-18-21(13-15-24(27)30)20-9-5-4-6-10-20;1-10(2,3)8(12)7-9(13)11(4,5)6;/h4-13,15-19H,1-3H3;7,12H,1-6H3;/q-1;;/b;8-7-;. The van der Waals surface area contributed by atoms with Crippen LogP contribution in [0.25, 0.3) is 53.5 Å². The van der Waals surface area contributed by atoms with Crippen LogP contribution in [0.4, 0.5) is 0 Å². The molecule has 0 saturated heterocycles. The monoisotopic (exact) mass is 835 g/mol. The molecule has 0 atom stereocenters. The van der Waals surface area contributed by atoms with Crippen molar-refractivity contribution < 1.29 is 30.0 Å². The van der Waals surface area contributed by atoms with Crippen LogP contribution in [0.3, 0.4) is 0 Å². The van der Waals surface area contributed by atoms with Gasteiger partial charge in [0.1, 0.15) is 5.76 Å². The molecule has 2 heterocycles. The maximum Gasteiger partial charge on any atom is 0.164 e. The normalized spacial score (nSPS) is 12.5. The third-order valence-corrected chi connectivity index (χ3v) is 11.2. The number of aromatic nitrogens is 1. The fraction of sp³-hybridized carbons (Fsp3) is 0.268. The van der Waals surface area contributed by atoms with E-state index >= 15 is 0 Å². The van der Waals surface area contributed by atoms with E-state index in [1.807, 2.05) is 52.9 Å². The Morgan fingerprint density at radius 2 is 1.43 bits per heavy atom. The van der Waals surface area contributed by atoms with Crippen LogP contribution in [0.2, 0.25) is 19.6 Å². The molecule has 2 aromatic heterocycles. The number of benzene rings is 4. The predicted molar refractivity (Wildman–Crippen MR) is 202 cm³/mol. The molecule has 6 heteroatoms. The molecule has 0 bridgehead atoms. The molecule has 0 aliphatic carbocycles. The van der Waals surface area contributed by atoms with Gasteiger partial charge in [-0.15, -0.1) is 23.8 Å². The maximum absolute atomic E-state index is 11.5. The first-order chi connectivity index (χ1) is 21.5. The average Bonchev–Trinajstić information content (AvgIpc) is 3.37. The van der Waals surface area contributed by atoms with Crippen LogP contribution in [0.5, 0.6) is 0 Å². The molecule has 0 amide bonds.